The highest BCUT2D eigenvalue weighted by Crippen LogP contribution is 2.24. The average Bonchev–Trinajstić information content (AvgIpc) is 3.02. The van der Waals surface area contributed by atoms with E-state index in [4.69, 9.17) is 0 Å². The number of aromatic amines is 1. The van der Waals surface area contributed by atoms with Crippen LogP contribution in [0.4, 0.5) is 5.69 Å². The van der Waals surface area contributed by atoms with Crippen LogP contribution in [-0.2, 0) is 6.54 Å². The number of aromatic nitrogens is 1. The van der Waals surface area contributed by atoms with Crippen LogP contribution in [0.1, 0.15) is 5.56 Å². The first-order valence-corrected chi connectivity index (χ1v) is 7.18. The van der Waals surface area contributed by atoms with Gasteiger partial charge in [0.15, 0.2) is 0 Å². The van der Waals surface area contributed by atoms with E-state index >= 15 is 0 Å². The molecule has 0 unspecified atom stereocenters. The molecule has 0 bridgehead atoms. The molecule has 0 aliphatic rings. The van der Waals surface area contributed by atoms with E-state index in [9.17, 15) is 0 Å². The fraction of sp³-hybridized carbons (Fsp3) is 0.0526. The van der Waals surface area contributed by atoms with Crippen LogP contribution < -0.4 is 5.32 Å². The molecule has 21 heavy (non-hydrogen) atoms. The first-order chi connectivity index (χ1) is 10.4. The van der Waals surface area contributed by atoms with Crippen LogP contribution >= 0.6 is 0 Å². The average molecular weight is 272 g/mol. The molecule has 0 atom stereocenters. The number of anilines is 1. The van der Waals surface area contributed by atoms with Gasteiger partial charge in [0.05, 0.1) is 0 Å². The number of nitrogens with one attached hydrogen (secondary N) is 2. The predicted octanol–water partition coefficient (Wildman–Crippen LogP) is 4.93. The van der Waals surface area contributed by atoms with E-state index in [2.05, 4.69) is 77.0 Å². The van der Waals surface area contributed by atoms with Gasteiger partial charge in [-0.15, -0.1) is 0 Å². The molecule has 102 valence electrons. The maximum atomic E-state index is 3.57. The number of hydrogen-bond acceptors (Lipinski definition) is 1. The van der Waals surface area contributed by atoms with Gasteiger partial charge in [-0.05, 0) is 29.1 Å². The zero-order valence-corrected chi connectivity index (χ0v) is 11.6. The molecule has 1 aromatic heterocycles. The van der Waals surface area contributed by atoms with E-state index in [-0.39, 0.29) is 0 Å². The van der Waals surface area contributed by atoms with E-state index in [1.807, 2.05) is 6.20 Å². The molecule has 4 aromatic rings. The summed E-state index contributed by atoms with van der Waals surface area (Å²) >= 11 is 0. The normalized spacial score (nSPS) is 11.0. The number of fused-ring (bicyclic) bond motifs is 2. The molecule has 2 heteroatoms. The summed E-state index contributed by atoms with van der Waals surface area (Å²) in [6.45, 7) is 0.823. The molecule has 0 spiro atoms. The van der Waals surface area contributed by atoms with Crippen molar-refractivity contribution in [3.63, 3.8) is 0 Å². The second-order valence-corrected chi connectivity index (χ2v) is 5.24. The lowest BCUT2D eigenvalue weighted by atomic mass is 10.1. The van der Waals surface area contributed by atoms with Crippen molar-refractivity contribution in [1.82, 2.24) is 4.98 Å². The van der Waals surface area contributed by atoms with E-state index < -0.39 is 0 Å². The fourth-order valence-electron chi connectivity index (χ4n) is 2.87. The molecule has 2 nitrogen and oxygen atoms in total. The Kier molecular flexibility index (Phi) is 2.86. The number of hydrogen-bond donors (Lipinski definition) is 2. The molecule has 0 aliphatic carbocycles. The van der Waals surface area contributed by atoms with Crippen LogP contribution in [0.2, 0.25) is 0 Å². The van der Waals surface area contributed by atoms with Crippen LogP contribution in [0.25, 0.3) is 21.7 Å². The smallest absolute Gasteiger partial charge is 0.0457 e. The summed E-state index contributed by atoms with van der Waals surface area (Å²) in [6, 6.07) is 23.4. The van der Waals surface area contributed by atoms with Crippen molar-refractivity contribution in [1.29, 1.82) is 0 Å². The lowest BCUT2D eigenvalue weighted by Crippen LogP contribution is -2.00. The van der Waals surface area contributed by atoms with Gasteiger partial charge >= 0.3 is 0 Å². The minimum Gasteiger partial charge on any atom is -0.380 e. The molecule has 4 rings (SSSR count). The number of rotatable bonds is 3. The molecule has 0 fully saturated rings. The molecular weight excluding hydrogens is 256 g/mol. The van der Waals surface area contributed by atoms with Crippen molar-refractivity contribution < 1.29 is 0 Å². The van der Waals surface area contributed by atoms with Gasteiger partial charge < -0.3 is 10.3 Å². The van der Waals surface area contributed by atoms with Gasteiger partial charge in [-0.25, -0.2) is 0 Å². The quantitative estimate of drug-likeness (QED) is 0.543. The summed E-state index contributed by atoms with van der Waals surface area (Å²) in [5.74, 6) is 0. The third-order valence-electron chi connectivity index (χ3n) is 3.94. The lowest BCUT2D eigenvalue weighted by Gasteiger charge is -2.10. The van der Waals surface area contributed by atoms with Crippen molar-refractivity contribution in [2.45, 2.75) is 6.54 Å². The third kappa shape index (κ3) is 2.15. The van der Waals surface area contributed by atoms with Gasteiger partial charge in [0.2, 0.25) is 0 Å². The second-order valence-electron chi connectivity index (χ2n) is 5.24. The lowest BCUT2D eigenvalue weighted by molar-refractivity contribution is 1.17. The van der Waals surface area contributed by atoms with E-state index in [1.165, 1.54) is 32.9 Å². The Labute approximate surface area is 123 Å². The Morgan fingerprint density at radius 3 is 2.62 bits per heavy atom. The number of benzene rings is 3. The van der Waals surface area contributed by atoms with E-state index in [1.54, 1.807) is 0 Å². The molecule has 0 saturated heterocycles. The Hall–Kier alpha value is -2.74. The zero-order chi connectivity index (χ0) is 14.1. The van der Waals surface area contributed by atoms with E-state index in [0.29, 0.717) is 0 Å². The maximum Gasteiger partial charge on any atom is 0.0457 e. The Morgan fingerprint density at radius 1 is 0.762 bits per heavy atom. The summed E-state index contributed by atoms with van der Waals surface area (Å²) < 4.78 is 0. The van der Waals surface area contributed by atoms with Gasteiger partial charge in [0.1, 0.15) is 0 Å². The van der Waals surface area contributed by atoms with Crippen molar-refractivity contribution >= 4 is 27.4 Å². The summed E-state index contributed by atoms with van der Waals surface area (Å²) in [7, 11) is 0. The van der Waals surface area contributed by atoms with Crippen molar-refractivity contribution in [2.24, 2.45) is 0 Å². The Morgan fingerprint density at radius 2 is 1.62 bits per heavy atom. The van der Waals surface area contributed by atoms with Gasteiger partial charge in [-0.1, -0.05) is 48.5 Å². The van der Waals surface area contributed by atoms with Gasteiger partial charge in [0.25, 0.3) is 0 Å². The molecule has 2 N–H and O–H groups in total. The topological polar surface area (TPSA) is 27.8 Å². The predicted molar refractivity (Wildman–Crippen MR) is 89.6 cm³/mol. The monoisotopic (exact) mass is 272 g/mol. The highest BCUT2D eigenvalue weighted by atomic mass is 14.9. The summed E-state index contributed by atoms with van der Waals surface area (Å²) in [6.07, 6.45) is 1.99. The second kappa shape index (κ2) is 4.98. The van der Waals surface area contributed by atoms with Crippen molar-refractivity contribution in [2.75, 3.05) is 5.32 Å². The third-order valence-corrected chi connectivity index (χ3v) is 3.94. The van der Waals surface area contributed by atoms with Crippen LogP contribution in [0, 0.1) is 0 Å². The summed E-state index contributed by atoms with van der Waals surface area (Å²) in [5, 5.41) is 7.39. The van der Waals surface area contributed by atoms with Crippen LogP contribution in [0.15, 0.2) is 72.9 Å². The van der Waals surface area contributed by atoms with Gasteiger partial charge in [-0.2, -0.15) is 0 Å². The molecule has 0 amide bonds. The molecule has 1 heterocycles. The van der Waals surface area contributed by atoms with Crippen LogP contribution in [-0.4, -0.2) is 4.98 Å². The first-order valence-electron chi connectivity index (χ1n) is 7.18. The Bertz CT molecular complexity index is 900. The zero-order valence-electron chi connectivity index (χ0n) is 11.6. The van der Waals surface area contributed by atoms with Crippen molar-refractivity contribution in [3.8, 4) is 0 Å². The number of H-pyrrole nitrogens is 1. The van der Waals surface area contributed by atoms with E-state index in [0.717, 1.165) is 6.54 Å². The molecule has 3 aromatic carbocycles. The summed E-state index contributed by atoms with van der Waals surface area (Å²) in [5.41, 5.74) is 3.68. The first kappa shape index (κ1) is 12.0. The summed E-state index contributed by atoms with van der Waals surface area (Å²) in [4.78, 5) is 3.26. The minimum atomic E-state index is 0.823. The van der Waals surface area contributed by atoms with Gasteiger partial charge in [-0.3, -0.25) is 0 Å². The fourth-order valence-corrected chi connectivity index (χ4v) is 2.87. The Balaban J connectivity index is 1.68. The molecular formula is C19H16N2. The molecule has 0 saturated carbocycles. The minimum absolute atomic E-state index is 0.823. The highest BCUT2D eigenvalue weighted by molar-refractivity contribution is 5.94. The van der Waals surface area contributed by atoms with Crippen LogP contribution in [0.5, 0.6) is 0 Å². The highest BCUT2D eigenvalue weighted by Gasteiger charge is 2.03. The van der Waals surface area contributed by atoms with Crippen LogP contribution in [0.3, 0.4) is 0 Å². The van der Waals surface area contributed by atoms with Crippen molar-refractivity contribution in [3.05, 3.63) is 78.5 Å². The molecule has 0 radical (unpaired) electrons. The maximum absolute atomic E-state index is 3.57. The van der Waals surface area contributed by atoms with Gasteiger partial charge in [0, 0.05) is 34.7 Å². The SMILES string of the molecule is c1ccc2c(NCc3cccc4[nH]ccc34)cccc2c1. The largest absolute Gasteiger partial charge is 0.380 e. The standard InChI is InChI=1S/C19H16N2/c1-2-8-16-14(5-1)6-3-10-19(16)21-13-15-7-4-9-18-17(15)11-12-20-18/h1-12,20-21H,13H2. The molecule has 0 aliphatic heterocycles.